The first kappa shape index (κ1) is 24.6. The van der Waals surface area contributed by atoms with E-state index in [9.17, 15) is 17.6 Å². The zero-order valence-electron chi connectivity index (χ0n) is 18.9. The summed E-state index contributed by atoms with van der Waals surface area (Å²) in [5.41, 5.74) is 0.502. The second-order valence-electron chi connectivity index (χ2n) is 9.86. The topological polar surface area (TPSA) is 9.23 Å². The van der Waals surface area contributed by atoms with Crippen LogP contribution in [0.25, 0.3) is 0 Å². The van der Waals surface area contributed by atoms with Crippen LogP contribution in [-0.2, 0) is 6.42 Å². The molecule has 0 N–H and O–H groups in total. The Balaban J connectivity index is 1.33. The van der Waals surface area contributed by atoms with E-state index in [2.05, 4.69) is 11.7 Å². The van der Waals surface area contributed by atoms with Gasteiger partial charge in [-0.3, -0.25) is 0 Å². The maximum absolute atomic E-state index is 13.8. The van der Waals surface area contributed by atoms with Crippen molar-refractivity contribution < 1.29 is 22.3 Å². The van der Waals surface area contributed by atoms with E-state index >= 15 is 0 Å². The van der Waals surface area contributed by atoms with Crippen molar-refractivity contribution >= 4 is 8.80 Å². The number of aryl methyl sites for hydroxylation is 1. The minimum Gasteiger partial charge on any atom is -0.429 e. The summed E-state index contributed by atoms with van der Waals surface area (Å²) in [7, 11) is -0.380. The number of benzene rings is 1. The van der Waals surface area contributed by atoms with Crippen LogP contribution < -0.4 is 4.74 Å². The van der Waals surface area contributed by atoms with E-state index in [1.54, 1.807) is 18.1 Å². The van der Waals surface area contributed by atoms with Gasteiger partial charge in [-0.2, -0.15) is 8.78 Å². The van der Waals surface area contributed by atoms with Crippen LogP contribution in [0.4, 0.5) is 17.6 Å². The first-order chi connectivity index (χ1) is 15.0. The number of rotatable bonds is 10. The van der Waals surface area contributed by atoms with Crippen molar-refractivity contribution in [3.63, 3.8) is 0 Å². The largest absolute Gasteiger partial charge is 0.429 e. The fourth-order valence-electron chi connectivity index (χ4n) is 6.03. The molecule has 0 atom stereocenters. The molecule has 0 spiro atoms. The van der Waals surface area contributed by atoms with Crippen molar-refractivity contribution in [1.29, 1.82) is 0 Å². The SMILES string of the molecule is CCC[SiH]1CCC(C2CCC(CCCCc3cc(F)c(OC(F)F)c(F)c3)CC2)CC1. The second kappa shape index (κ2) is 12.3. The lowest BCUT2D eigenvalue weighted by Gasteiger charge is -2.37. The lowest BCUT2D eigenvalue weighted by atomic mass is 9.73. The predicted molar refractivity (Wildman–Crippen MR) is 121 cm³/mol. The summed E-state index contributed by atoms with van der Waals surface area (Å²) in [6.07, 6.45) is 13.5. The van der Waals surface area contributed by atoms with Gasteiger partial charge in [0.1, 0.15) is 0 Å². The molecule has 1 heterocycles. The van der Waals surface area contributed by atoms with E-state index in [4.69, 9.17) is 0 Å². The van der Waals surface area contributed by atoms with Crippen LogP contribution in [0.3, 0.4) is 0 Å². The van der Waals surface area contributed by atoms with Crippen molar-refractivity contribution in [2.45, 2.75) is 102 Å². The molecule has 0 amide bonds. The number of ether oxygens (including phenoxy) is 1. The molecule has 2 aliphatic rings. The molecule has 2 fully saturated rings. The fourth-order valence-corrected chi connectivity index (χ4v) is 9.51. The van der Waals surface area contributed by atoms with E-state index < -0.39 is 24.0 Å². The Bertz CT molecular complexity index is 644. The minimum atomic E-state index is -3.23. The van der Waals surface area contributed by atoms with E-state index in [0.29, 0.717) is 12.0 Å². The van der Waals surface area contributed by atoms with Crippen LogP contribution in [0.5, 0.6) is 5.75 Å². The van der Waals surface area contributed by atoms with Crippen LogP contribution in [0, 0.1) is 29.4 Å². The van der Waals surface area contributed by atoms with Gasteiger partial charge in [-0.1, -0.05) is 70.0 Å². The molecule has 0 aromatic heterocycles. The number of hydrogen-bond acceptors (Lipinski definition) is 1. The molecule has 1 nitrogen and oxygen atoms in total. The molecule has 176 valence electrons. The summed E-state index contributed by atoms with van der Waals surface area (Å²) in [5, 5.41) is 0. The molecule has 1 aromatic rings. The Morgan fingerprint density at radius 3 is 2.13 bits per heavy atom. The minimum absolute atomic E-state index is 0.380. The highest BCUT2D eigenvalue weighted by Gasteiger charge is 2.30. The molecule has 3 rings (SSSR count). The molecule has 31 heavy (non-hydrogen) atoms. The molecule has 0 bridgehead atoms. The van der Waals surface area contributed by atoms with Crippen molar-refractivity contribution in [3.05, 3.63) is 29.3 Å². The van der Waals surface area contributed by atoms with Crippen LogP contribution in [0.2, 0.25) is 18.1 Å². The van der Waals surface area contributed by atoms with E-state index in [0.717, 1.165) is 42.7 Å². The lowest BCUT2D eigenvalue weighted by Crippen LogP contribution is -2.28. The van der Waals surface area contributed by atoms with Gasteiger partial charge in [0.2, 0.25) is 0 Å². The van der Waals surface area contributed by atoms with Gasteiger partial charge in [-0.15, -0.1) is 0 Å². The molecule has 1 aliphatic heterocycles. The molecule has 1 aliphatic carbocycles. The smallest absolute Gasteiger partial charge is 0.387 e. The van der Waals surface area contributed by atoms with Gasteiger partial charge in [0.15, 0.2) is 17.4 Å². The van der Waals surface area contributed by atoms with Gasteiger partial charge < -0.3 is 4.74 Å². The standard InChI is InChI=1S/C25H38F4OSi/c1-2-13-31-14-11-21(12-15-31)20-9-7-18(8-10-20)5-3-4-6-19-16-22(26)24(23(27)17-19)30-25(28)29/h16-18,20-21,25,31H,2-15H2,1H3. The molecule has 1 aromatic carbocycles. The van der Waals surface area contributed by atoms with Gasteiger partial charge in [-0.25, -0.2) is 8.78 Å². The highest BCUT2D eigenvalue weighted by Crippen LogP contribution is 2.42. The fraction of sp³-hybridized carbons (Fsp3) is 0.760. The van der Waals surface area contributed by atoms with Crippen LogP contribution in [0.1, 0.15) is 76.7 Å². The third kappa shape index (κ3) is 7.50. The average molecular weight is 459 g/mol. The Hall–Kier alpha value is -1.04. The van der Waals surface area contributed by atoms with Gasteiger partial charge >= 0.3 is 6.61 Å². The summed E-state index contributed by atoms with van der Waals surface area (Å²) < 4.78 is 56.0. The first-order valence-corrected chi connectivity index (χ1v) is 14.8. The quantitative estimate of drug-likeness (QED) is 0.195. The predicted octanol–water partition coefficient (Wildman–Crippen LogP) is 8.13. The highest BCUT2D eigenvalue weighted by atomic mass is 28.3. The monoisotopic (exact) mass is 458 g/mol. The summed E-state index contributed by atoms with van der Waals surface area (Å²) in [6.45, 7) is -0.902. The Labute approximate surface area is 186 Å². The number of alkyl halides is 2. The number of hydrogen-bond donors (Lipinski definition) is 0. The maximum Gasteiger partial charge on any atom is 0.387 e. The van der Waals surface area contributed by atoms with E-state index in [1.807, 2.05) is 0 Å². The first-order valence-electron chi connectivity index (χ1n) is 12.4. The van der Waals surface area contributed by atoms with E-state index in [-0.39, 0.29) is 8.80 Å². The van der Waals surface area contributed by atoms with Gasteiger partial charge in [0.05, 0.1) is 0 Å². The molecule has 1 saturated heterocycles. The molecular formula is C25H38F4OSi. The van der Waals surface area contributed by atoms with Crippen molar-refractivity contribution in [3.8, 4) is 5.75 Å². The van der Waals surface area contributed by atoms with Crippen molar-refractivity contribution in [1.82, 2.24) is 0 Å². The number of unbranched alkanes of at least 4 members (excludes halogenated alkanes) is 1. The van der Waals surface area contributed by atoms with Gasteiger partial charge in [0.25, 0.3) is 0 Å². The van der Waals surface area contributed by atoms with Crippen LogP contribution >= 0.6 is 0 Å². The van der Waals surface area contributed by atoms with E-state index in [1.165, 1.54) is 51.4 Å². The summed E-state index contributed by atoms with van der Waals surface area (Å²) in [4.78, 5) is 0. The Morgan fingerprint density at radius 1 is 0.935 bits per heavy atom. The van der Waals surface area contributed by atoms with Gasteiger partial charge in [0, 0.05) is 8.80 Å². The zero-order valence-corrected chi connectivity index (χ0v) is 20.0. The highest BCUT2D eigenvalue weighted by molar-refractivity contribution is 6.58. The normalized spacial score (nSPS) is 26.9. The third-order valence-electron chi connectivity index (χ3n) is 7.74. The number of halogens is 4. The Kier molecular flexibility index (Phi) is 9.73. The van der Waals surface area contributed by atoms with Crippen molar-refractivity contribution in [2.75, 3.05) is 0 Å². The lowest BCUT2D eigenvalue weighted by molar-refractivity contribution is -0.0546. The summed E-state index contributed by atoms with van der Waals surface area (Å²) in [5.74, 6) is -0.370. The summed E-state index contributed by atoms with van der Waals surface area (Å²) in [6, 6.07) is 6.93. The average Bonchev–Trinajstić information content (AvgIpc) is 2.75. The molecule has 1 saturated carbocycles. The maximum atomic E-state index is 13.8. The summed E-state index contributed by atoms with van der Waals surface area (Å²) >= 11 is 0. The Morgan fingerprint density at radius 2 is 1.55 bits per heavy atom. The third-order valence-corrected chi connectivity index (χ3v) is 11.4. The molecule has 6 heteroatoms. The zero-order chi connectivity index (χ0) is 22.2. The molecule has 0 radical (unpaired) electrons. The van der Waals surface area contributed by atoms with Crippen LogP contribution in [0.15, 0.2) is 12.1 Å². The van der Waals surface area contributed by atoms with Crippen molar-refractivity contribution in [2.24, 2.45) is 17.8 Å². The van der Waals surface area contributed by atoms with Crippen LogP contribution in [-0.4, -0.2) is 15.4 Å². The van der Waals surface area contributed by atoms with Gasteiger partial charge in [-0.05, 0) is 61.1 Å². The molecule has 0 unspecified atom stereocenters. The molecular weight excluding hydrogens is 420 g/mol. The second-order valence-corrected chi connectivity index (χ2v) is 13.3.